The standard InChI is InChI=1S/C24H24F3N3O3/c1-16(2)14-19(28-21(31)13-8-17-6-4-3-5-7-17)15-32-20-11-9-18(10-12-20)22-29-23(33-30-22)24(25,26)27/h3-13,16,19H,14-15H2,1-2H3,(H,28,31)/b13-8+. The number of benzene rings is 2. The summed E-state index contributed by atoms with van der Waals surface area (Å²) in [6.07, 6.45) is -0.756. The topological polar surface area (TPSA) is 77.2 Å². The van der Waals surface area contributed by atoms with E-state index >= 15 is 0 Å². The third kappa shape index (κ3) is 7.48. The number of halogens is 3. The van der Waals surface area contributed by atoms with E-state index in [4.69, 9.17) is 4.74 Å². The maximum Gasteiger partial charge on any atom is 0.471 e. The van der Waals surface area contributed by atoms with Gasteiger partial charge in [0.25, 0.3) is 0 Å². The molecule has 6 nitrogen and oxygen atoms in total. The van der Waals surface area contributed by atoms with Crippen molar-refractivity contribution < 1.29 is 27.2 Å². The van der Waals surface area contributed by atoms with Crippen LogP contribution in [0.5, 0.6) is 5.75 Å². The molecule has 1 unspecified atom stereocenters. The van der Waals surface area contributed by atoms with Crippen molar-refractivity contribution in [1.82, 2.24) is 15.5 Å². The number of amides is 1. The van der Waals surface area contributed by atoms with Gasteiger partial charge in [0, 0.05) is 11.6 Å². The second-order valence-corrected chi connectivity index (χ2v) is 7.84. The van der Waals surface area contributed by atoms with Crippen molar-refractivity contribution >= 4 is 12.0 Å². The lowest BCUT2D eigenvalue weighted by Crippen LogP contribution is -2.39. The summed E-state index contributed by atoms with van der Waals surface area (Å²) < 4.78 is 47.9. The Balaban J connectivity index is 1.58. The fourth-order valence-electron chi connectivity index (χ4n) is 3.08. The van der Waals surface area contributed by atoms with Gasteiger partial charge in [0.2, 0.25) is 11.7 Å². The summed E-state index contributed by atoms with van der Waals surface area (Å²) in [5, 5.41) is 6.31. The monoisotopic (exact) mass is 459 g/mol. The van der Waals surface area contributed by atoms with Crippen molar-refractivity contribution in [2.45, 2.75) is 32.5 Å². The van der Waals surface area contributed by atoms with Crippen molar-refractivity contribution in [3.8, 4) is 17.1 Å². The van der Waals surface area contributed by atoms with Gasteiger partial charge in [0.05, 0.1) is 6.04 Å². The number of carbonyl (C=O) groups excluding carboxylic acids is 1. The van der Waals surface area contributed by atoms with Crippen LogP contribution in [0, 0.1) is 5.92 Å². The molecule has 2 aromatic carbocycles. The molecule has 0 saturated heterocycles. The number of hydrogen-bond donors (Lipinski definition) is 1. The molecule has 0 aliphatic heterocycles. The molecule has 1 aromatic heterocycles. The third-order valence-electron chi connectivity index (χ3n) is 4.56. The zero-order valence-corrected chi connectivity index (χ0v) is 18.2. The number of rotatable bonds is 9. The van der Waals surface area contributed by atoms with E-state index in [0.29, 0.717) is 23.7 Å². The van der Waals surface area contributed by atoms with Crippen LogP contribution in [-0.2, 0) is 11.0 Å². The Morgan fingerprint density at radius 1 is 1.12 bits per heavy atom. The van der Waals surface area contributed by atoms with Gasteiger partial charge >= 0.3 is 12.1 Å². The van der Waals surface area contributed by atoms with Gasteiger partial charge < -0.3 is 14.6 Å². The van der Waals surface area contributed by atoms with Crippen LogP contribution in [0.3, 0.4) is 0 Å². The van der Waals surface area contributed by atoms with Crippen LogP contribution in [0.2, 0.25) is 0 Å². The van der Waals surface area contributed by atoms with Gasteiger partial charge in [-0.2, -0.15) is 18.2 Å². The zero-order chi connectivity index (χ0) is 23.8. The number of nitrogens with zero attached hydrogens (tertiary/aromatic N) is 2. The fraction of sp³-hybridized carbons (Fsp3) is 0.292. The molecule has 0 aliphatic rings. The molecule has 1 atom stereocenters. The van der Waals surface area contributed by atoms with Crippen LogP contribution in [0.1, 0.15) is 31.7 Å². The Morgan fingerprint density at radius 3 is 2.42 bits per heavy atom. The minimum atomic E-state index is -4.69. The summed E-state index contributed by atoms with van der Waals surface area (Å²) in [4.78, 5) is 15.7. The fourth-order valence-corrected chi connectivity index (χ4v) is 3.08. The van der Waals surface area contributed by atoms with Crippen molar-refractivity contribution in [3.05, 3.63) is 72.1 Å². The Bertz CT molecular complexity index is 1060. The Kier molecular flexibility index (Phi) is 7.87. The highest BCUT2D eigenvalue weighted by Gasteiger charge is 2.38. The van der Waals surface area contributed by atoms with Gasteiger partial charge in [-0.25, -0.2) is 0 Å². The highest BCUT2D eigenvalue weighted by atomic mass is 19.4. The van der Waals surface area contributed by atoms with Crippen LogP contribution >= 0.6 is 0 Å². The summed E-state index contributed by atoms with van der Waals surface area (Å²) >= 11 is 0. The van der Waals surface area contributed by atoms with Crippen LogP contribution in [0.25, 0.3) is 17.5 Å². The number of hydrogen-bond acceptors (Lipinski definition) is 5. The molecule has 1 amide bonds. The van der Waals surface area contributed by atoms with Gasteiger partial charge in [0.15, 0.2) is 0 Å². The van der Waals surface area contributed by atoms with Crippen molar-refractivity contribution in [1.29, 1.82) is 0 Å². The van der Waals surface area contributed by atoms with E-state index in [1.165, 1.54) is 6.08 Å². The zero-order valence-electron chi connectivity index (χ0n) is 18.2. The van der Waals surface area contributed by atoms with Crippen LogP contribution in [-0.4, -0.2) is 28.7 Å². The molecule has 0 fully saturated rings. The van der Waals surface area contributed by atoms with Crippen molar-refractivity contribution in [2.75, 3.05) is 6.61 Å². The first kappa shape index (κ1) is 24.0. The first-order chi connectivity index (χ1) is 15.7. The lowest BCUT2D eigenvalue weighted by molar-refractivity contribution is -0.159. The molecular formula is C24H24F3N3O3. The van der Waals surface area contributed by atoms with E-state index in [-0.39, 0.29) is 24.4 Å². The summed E-state index contributed by atoms with van der Waals surface area (Å²) in [5.41, 5.74) is 1.29. The normalized spacial score (nSPS) is 12.8. The van der Waals surface area contributed by atoms with Gasteiger partial charge in [-0.05, 0) is 48.2 Å². The van der Waals surface area contributed by atoms with E-state index < -0.39 is 12.1 Å². The third-order valence-corrected chi connectivity index (χ3v) is 4.56. The van der Waals surface area contributed by atoms with Gasteiger partial charge in [0.1, 0.15) is 12.4 Å². The van der Waals surface area contributed by atoms with Crippen LogP contribution in [0.4, 0.5) is 13.2 Å². The summed E-state index contributed by atoms with van der Waals surface area (Å²) in [6.45, 7) is 4.34. The van der Waals surface area contributed by atoms with Gasteiger partial charge in [-0.1, -0.05) is 49.3 Å². The first-order valence-electron chi connectivity index (χ1n) is 10.4. The van der Waals surface area contributed by atoms with Gasteiger partial charge in [-0.15, -0.1) is 0 Å². The minimum Gasteiger partial charge on any atom is -0.491 e. The Labute approximate surface area is 189 Å². The number of alkyl halides is 3. The molecule has 3 rings (SSSR count). The second-order valence-electron chi connectivity index (χ2n) is 7.84. The van der Waals surface area contributed by atoms with E-state index in [9.17, 15) is 18.0 Å². The molecule has 1 heterocycles. The molecule has 0 aliphatic carbocycles. The lowest BCUT2D eigenvalue weighted by Gasteiger charge is -2.20. The van der Waals surface area contributed by atoms with Crippen LogP contribution in [0.15, 0.2) is 65.2 Å². The maximum absolute atomic E-state index is 12.6. The van der Waals surface area contributed by atoms with E-state index in [1.807, 2.05) is 44.2 Å². The molecule has 1 N–H and O–H groups in total. The molecule has 174 valence electrons. The van der Waals surface area contributed by atoms with E-state index in [1.54, 1.807) is 30.3 Å². The summed E-state index contributed by atoms with van der Waals surface area (Å²) in [6, 6.07) is 15.6. The van der Waals surface area contributed by atoms with Crippen LogP contribution < -0.4 is 10.1 Å². The number of aromatic nitrogens is 2. The van der Waals surface area contributed by atoms with Crippen molar-refractivity contribution in [3.63, 3.8) is 0 Å². The minimum absolute atomic E-state index is 0.163. The molecule has 33 heavy (non-hydrogen) atoms. The second kappa shape index (κ2) is 10.8. The Morgan fingerprint density at radius 2 is 1.82 bits per heavy atom. The largest absolute Gasteiger partial charge is 0.491 e. The molecule has 0 bridgehead atoms. The molecule has 3 aromatic rings. The van der Waals surface area contributed by atoms with E-state index in [0.717, 1.165) is 5.56 Å². The van der Waals surface area contributed by atoms with E-state index in [2.05, 4.69) is 20.0 Å². The molecule has 0 radical (unpaired) electrons. The number of nitrogens with one attached hydrogen (secondary N) is 1. The quantitative estimate of drug-likeness (QED) is 0.435. The smallest absolute Gasteiger partial charge is 0.471 e. The van der Waals surface area contributed by atoms with Gasteiger partial charge in [-0.3, -0.25) is 4.79 Å². The number of carbonyl (C=O) groups is 1. The predicted octanol–water partition coefficient (Wildman–Crippen LogP) is 5.38. The maximum atomic E-state index is 12.6. The average molecular weight is 459 g/mol. The van der Waals surface area contributed by atoms with Crippen molar-refractivity contribution in [2.24, 2.45) is 5.92 Å². The molecule has 0 saturated carbocycles. The first-order valence-corrected chi connectivity index (χ1v) is 10.4. The number of ether oxygens (including phenoxy) is 1. The highest BCUT2D eigenvalue weighted by Crippen LogP contribution is 2.29. The lowest BCUT2D eigenvalue weighted by atomic mass is 10.0. The summed E-state index contributed by atoms with van der Waals surface area (Å²) in [7, 11) is 0. The molecular weight excluding hydrogens is 435 g/mol. The molecule has 9 heteroatoms. The highest BCUT2D eigenvalue weighted by molar-refractivity contribution is 5.91. The SMILES string of the molecule is CC(C)CC(COc1ccc(-c2noc(C(F)(F)F)n2)cc1)NC(=O)/C=C/c1ccccc1. The molecule has 0 spiro atoms. The average Bonchev–Trinajstić information content (AvgIpc) is 3.28. The Hall–Kier alpha value is -3.62. The predicted molar refractivity (Wildman–Crippen MR) is 117 cm³/mol. The summed E-state index contributed by atoms with van der Waals surface area (Å²) in [5.74, 6) is -0.946.